The summed E-state index contributed by atoms with van der Waals surface area (Å²) in [5.41, 5.74) is 7.34. The van der Waals surface area contributed by atoms with Crippen LogP contribution in [0.25, 0.3) is 0 Å². The Hall–Kier alpha value is -2.12. The van der Waals surface area contributed by atoms with E-state index in [1.54, 1.807) is 0 Å². The number of nitrogens with two attached hydrogens (primary N) is 1. The number of nitrogens with one attached hydrogen (secondary N) is 3. The molecule has 0 spiro atoms. The maximum Gasteiger partial charge on any atom is 0.239 e. The molecule has 28 heavy (non-hydrogen) atoms. The predicted molar refractivity (Wildman–Crippen MR) is 112 cm³/mol. The molecule has 0 aliphatic heterocycles. The van der Waals surface area contributed by atoms with Gasteiger partial charge in [0.25, 0.3) is 0 Å². The van der Waals surface area contributed by atoms with Crippen molar-refractivity contribution < 1.29 is 14.4 Å². The molecular weight excluding hydrogens is 380 g/mol. The van der Waals surface area contributed by atoms with E-state index in [1.807, 2.05) is 38.1 Å². The lowest BCUT2D eigenvalue weighted by atomic mass is 10.1. The molecule has 0 bridgehead atoms. The van der Waals surface area contributed by atoms with Gasteiger partial charge in [-0.05, 0) is 36.5 Å². The zero-order valence-electron chi connectivity index (χ0n) is 16.5. The van der Waals surface area contributed by atoms with E-state index in [-0.39, 0.29) is 48.5 Å². The normalized spacial score (nSPS) is 14.9. The number of hydrogen-bond acceptors (Lipinski definition) is 4. The molecule has 1 aromatic rings. The van der Waals surface area contributed by atoms with Crippen molar-refractivity contribution in [1.29, 1.82) is 0 Å². The first-order valence-corrected chi connectivity index (χ1v) is 9.56. The summed E-state index contributed by atoms with van der Waals surface area (Å²) in [4.78, 5) is 35.9. The standard InChI is InChI=1S/C20H30N4O3.ClH/c1-13(2)18(21)20(27)23-12-17(25)22-11-14-6-5-9-16(10-14)24-19(26)15-7-3-4-8-15;/h5-6,9-10,13,15,18H,3-4,7-8,11-12,21H2,1-2H3,(H,22,25)(H,23,27)(H,24,26);1H/t18-;/m0./s1. The molecule has 1 fully saturated rings. The van der Waals surface area contributed by atoms with Gasteiger partial charge >= 0.3 is 0 Å². The van der Waals surface area contributed by atoms with Gasteiger partial charge in [0.15, 0.2) is 0 Å². The Kier molecular flexibility index (Phi) is 9.96. The number of benzene rings is 1. The Bertz CT molecular complexity index is 675. The lowest BCUT2D eigenvalue weighted by Gasteiger charge is -2.15. The molecular formula is C20H31ClN4O3. The van der Waals surface area contributed by atoms with E-state index >= 15 is 0 Å². The van der Waals surface area contributed by atoms with Crippen LogP contribution in [-0.4, -0.2) is 30.3 Å². The highest BCUT2D eigenvalue weighted by molar-refractivity contribution is 5.92. The third-order valence-corrected chi connectivity index (χ3v) is 4.85. The minimum atomic E-state index is -0.627. The van der Waals surface area contributed by atoms with Gasteiger partial charge in [-0.1, -0.05) is 38.8 Å². The zero-order chi connectivity index (χ0) is 19.8. The molecule has 2 rings (SSSR count). The van der Waals surface area contributed by atoms with Crippen LogP contribution in [0.3, 0.4) is 0 Å². The van der Waals surface area contributed by atoms with Gasteiger partial charge in [0.1, 0.15) is 0 Å². The van der Waals surface area contributed by atoms with Crippen LogP contribution in [0.4, 0.5) is 5.69 Å². The number of carbonyl (C=O) groups is 3. The van der Waals surface area contributed by atoms with Crippen LogP contribution in [0.15, 0.2) is 24.3 Å². The molecule has 7 nitrogen and oxygen atoms in total. The molecule has 0 unspecified atom stereocenters. The predicted octanol–water partition coefficient (Wildman–Crippen LogP) is 1.95. The van der Waals surface area contributed by atoms with Gasteiger partial charge in [0.05, 0.1) is 12.6 Å². The molecule has 1 aliphatic rings. The fourth-order valence-corrected chi connectivity index (χ4v) is 3.04. The summed E-state index contributed by atoms with van der Waals surface area (Å²) >= 11 is 0. The van der Waals surface area contributed by atoms with E-state index in [2.05, 4.69) is 16.0 Å². The van der Waals surface area contributed by atoms with Gasteiger partial charge in [0.2, 0.25) is 17.7 Å². The van der Waals surface area contributed by atoms with Crippen LogP contribution < -0.4 is 21.7 Å². The van der Waals surface area contributed by atoms with Crippen molar-refractivity contribution in [2.45, 2.75) is 52.1 Å². The molecule has 1 saturated carbocycles. The molecule has 1 atom stereocenters. The Morgan fingerprint density at radius 2 is 1.82 bits per heavy atom. The third-order valence-electron chi connectivity index (χ3n) is 4.85. The smallest absolute Gasteiger partial charge is 0.239 e. The van der Waals surface area contributed by atoms with Gasteiger partial charge in [-0.25, -0.2) is 0 Å². The van der Waals surface area contributed by atoms with Crippen molar-refractivity contribution in [3.05, 3.63) is 29.8 Å². The van der Waals surface area contributed by atoms with E-state index in [1.165, 1.54) is 0 Å². The average molecular weight is 411 g/mol. The Morgan fingerprint density at radius 3 is 2.46 bits per heavy atom. The van der Waals surface area contributed by atoms with Crippen LogP contribution in [0.2, 0.25) is 0 Å². The number of hydrogen-bond donors (Lipinski definition) is 4. The van der Waals surface area contributed by atoms with Crippen LogP contribution in [-0.2, 0) is 20.9 Å². The largest absolute Gasteiger partial charge is 0.350 e. The van der Waals surface area contributed by atoms with Crippen LogP contribution in [0, 0.1) is 11.8 Å². The zero-order valence-corrected chi connectivity index (χ0v) is 17.3. The van der Waals surface area contributed by atoms with Gasteiger partial charge in [-0.3, -0.25) is 14.4 Å². The molecule has 3 amide bonds. The molecule has 0 aromatic heterocycles. The topological polar surface area (TPSA) is 113 Å². The van der Waals surface area contributed by atoms with Crippen molar-refractivity contribution in [3.63, 3.8) is 0 Å². The lowest BCUT2D eigenvalue weighted by Crippen LogP contribution is -2.47. The first kappa shape index (κ1) is 23.9. The van der Waals surface area contributed by atoms with Gasteiger partial charge in [0, 0.05) is 18.2 Å². The first-order valence-electron chi connectivity index (χ1n) is 9.56. The maximum absolute atomic E-state index is 12.2. The van der Waals surface area contributed by atoms with Crippen LogP contribution in [0.5, 0.6) is 0 Å². The minimum absolute atomic E-state index is 0. The fraction of sp³-hybridized carbons (Fsp3) is 0.550. The number of amides is 3. The molecule has 156 valence electrons. The quantitative estimate of drug-likeness (QED) is 0.524. The van der Waals surface area contributed by atoms with Gasteiger partial charge in [-0.2, -0.15) is 0 Å². The van der Waals surface area contributed by atoms with E-state index in [0.717, 1.165) is 36.9 Å². The molecule has 1 aromatic carbocycles. The monoisotopic (exact) mass is 410 g/mol. The highest BCUT2D eigenvalue weighted by atomic mass is 35.5. The summed E-state index contributed by atoms with van der Waals surface area (Å²) in [6, 6.07) is 6.78. The Labute approximate surface area is 172 Å². The number of anilines is 1. The summed E-state index contributed by atoms with van der Waals surface area (Å²) < 4.78 is 0. The summed E-state index contributed by atoms with van der Waals surface area (Å²) in [6.45, 7) is 3.90. The van der Waals surface area contributed by atoms with Crippen molar-refractivity contribution >= 4 is 35.8 Å². The van der Waals surface area contributed by atoms with Crippen molar-refractivity contribution in [2.75, 3.05) is 11.9 Å². The van der Waals surface area contributed by atoms with E-state index < -0.39 is 6.04 Å². The highest BCUT2D eigenvalue weighted by Gasteiger charge is 2.22. The van der Waals surface area contributed by atoms with Gasteiger partial charge < -0.3 is 21.7 Å². The van der Waals surface area contributed by atoms with Crippen molar-refractivity contribution in [3.8, 4) is 0 Å². The molecule has 0 radical (unpaired) electrons. The number of halogens is 1. The molecule has 0 heterocycles. The second kappa shape index (κ2) is 11.7. The first-order chi connectivity index (χ1) is 12.9. The highest BCUT2D eigenvalue weighted by Crippen LogP contribution is 2.26. The maximum atomic E-state index is 12.2. The minimum Gasteiger partial charge on any atom is -0.350 e. The SMILES string of the molecule is CC(C)[C@H](N)C(=O)NCC(=O)NCc1cccc(NC(=O)C2CCCC2)c1.Cl. The second-order valence-electron chi connectivity index (χ2n) is 7.44. The lowest BCUT2D eigenvalue weighted by molar-refractivity contribution is -0.127. The van der Waals surface area contributed by atoms with E-state index in [4.69, 9.17) is 5.73 Å². The third kappa shape index (κ3) is 7.48. The van der Waals surface area contributed by atoms with E-state index in [0.29, 0.717) is 6.54 Å². The molecule has 5 N–H and O–H groups in total. The summed E-state index contributed by atoms with van der Waals surface area (Å²) in [6.07, 6.45) is 4.13. The molecule has 1 aliphatic carbocycles. The molecule has 8 heteroatoms. The Morgan fingerprint density at radius 1 is 1.14 bits per heavy atom. The van der Waals surface area contributed by atoms with Crippen LogP contribution >= 0.6 is 12.4 Å². The average Bonchev–Trinajstić information content (AvgIpc) is 3.19. The summed E-state index contributed by atoms with van der Waals surface area (Å²) in [5, 5.41) is 8.24. The summed E-state index contributed by atoms with van der Waals surface area (Å²) in [7, 11) is 0. The number of carbonyl (C=O) groups excluding carboxylic acids is 3. The van der Waals surface area contributed by atoms with E-state index in [9.17, 15) is 14.4 Å². The number of rotatable bonds is 8. The second-order valence-corrected chi connectivity index (χ2v) is 7.44. The van der Waals surface area contributed by atoms with Crippen LogP contribution in [0.1, 0.15) is 45.1 Å². The van der Waals surface area contributed by atoms with Crippen molar-refractivity contribution in [2.24, 2.45) is 17.6 Å². The van der Waals surface area contributed by atoms with Gasteiger partial charge in [-0.15, -0.1) is 12.4 Å². The fourth-order valence-electron chi connectivity index (χ4n) is 3.04. The molecule has 0 saturated heterocycles. The Balaban J connectivity index is 0.00000392. The summed E-state index contributed by atoms with van der Waals surface area (Å²) in [5.74, 6) is -0.446. The van der Waals surface area contributed by atoms with Crippen molar-refractivity contribution in [1.82, 2.24) is 10.6 Å².